The first-order valence-corrected chi connectivity index (χ1v) is 6.67. The van der Waals surface area contributed by atoms with Crippen molar-refractivity contribution in [2.75, 3.05) is 13.7 Å². The molecule has 0 bridgehead atoms. The van der Waals surface area contributed by atoms with Gasteiger partial charge in [-0.2, -0.15) is 0 Å². The van der Waals surface area contributed by atoms with Crippen molar-refractivity contribution in [2.24, 2.45) is 5.92 Å². The Kier molecular flexibility index (Phi) is 4.57. The number of hydrogen-bond acceptors (Lipinski definition) is 4. The van der Waals surface area contributed by atoms with Crippen molar-refractivity contribution in [3.05, 3.63) is 35.9 Å². The summed E-state index contributed by atoms with van der Waals surface area (Å²) in [5.41, 5.74) is 0.888. The standard InChI is InChI=1S/C15H17NO5/c1-21-15(20)12(7-10-5-3-2-4-6-10)16-9-11(14(18)19)8-13(16)17/h2-6,11-12H,7-9H2,1H3,(H,18,19)/t11?,12-/m1/s1. The van der Waals surface area contributed by atoms with E-state index in [9.17, 15) is 14.4 Å². The van der Waals surface area contributed by atoms with Crippen LogP contribution in [-0.4, -0.2) is 47.5 Å². The SMILES string of the molecule is COC(=O)[C@@H](Cc1ccccc1)N1CC(C(=O)O)CC1=O. The number of nitrogens with zero attached hydrogens (tertiary/aromatic N) is 1. The lowest BCUT2D eigenvalue weighted by molar-refractivity contribution is -0.151. The Hall–Kier alpha value is -2.37. The Morgan fingerprint density at radius 1 is 1.38 bits per heavy atom. The molecule has 1 aliphatic rings. The number of carboxylic acid groups (broad SMARTS) is 1. The van der Waals surface area contributed by atoms with Crippen LogP contribution in [-0.2, 0) is 25.5 Å². The monoisotopic (exact) mass is 291 g/mol. The topological polar surface area (TPSA) is 83.9 Å². The third-order valence-corrected chi connectivity index (χ3v) is 3.63. The third-order valence-electron chi connectivity index (χ3n) is 3.63. The summed E-state index contributed by atoms with van der Waals surface area (Å²) in [5, 5.41) is 9.02. The van der Waals surface area contributed by atoms with Crippen LogP contribution in [0.4, 0.5) is 0 Å². The minimum atomic E-state index is -1.02. The molecule has 112 valence electrons. The van der Waals surface area contributed by atoms with E-state index in [2.05, 4.69) is 0 Å². The van der Waals surface area contributed by atoms with Crippen molar-refractivity contribution in [3.8, 4) is 0 Å². The van der Waals surface area contributed by atoms with E-state index in [-0.39, 0.29) is 18.9 Å². The van der Waals surface area contributed by atoms with Crippen molar-refractivity contribution in [3.63, 3.8) is 0 Å². The largest absolute Gasteiger partial charge is 0.481 e. The van der Waals surface area contributed by atoms with Gasteiger partial charge in [-0.25, -0.2) is 4.79 Å². The van der Waals surface area contributed by atoms with Crippen LogP contribution in [0.25, 0.3) is 0 Å². The minimum Gasteiger partial charge on any atom is -0.481 e. The van der Waals surface area contributed by atoms with Crippen LogP contribution in [0.1, 0.15) is 12.0 Å². The molecule has 1 amide bonds. The van der Waals surface area contributed by atoms with Gasteiger partial charge in [0.25, 0.3) is 0 Å². The molecule has 21 heavy (non-hydrogen) atoms. The summed E-state index contributed by atoms with van der Waals surface area (Å²) in [4.78, 5) is 36.3. The molecule has 0 spiro atoms. The Bertz CT molecular complexity index is 542. The molecule has 2 atom stereocenters. The first kappa shape index (κ1) is 15.0. The lowest BCUT2D eigenvalue weighted by Gasteiger charge is -2.25. The number of carbonyl (C=O) groups is 3. The fraction of sp³-hybridized carbons (Fsp3) is 0.400. The second-order valence-electron chi connectivity index (χ2n) is 5.01. The van der Waals surface area contributed by atoms with E-state index in [0.29, 0.717) is 6.42 Å². The van der Waals surface area contributed by atoms with Gasteiger partial charge in [-0.15, -0.1) is 0 Å². The molecule has 0 aromatic heterocycles. The van der Waals surface area contributed by atoms with Crippen LogP contribution in [0.3, 0.4) is 0 Å². The van der Waals surface area contributed by atoms with Crippen molar-refractivity contribution >= 4 is 17.8 Å². The molecule has 1 aromatic rings. The van der Waals surface area contributed by atoms with Crippen molar-refractivity contribution in [1.29, 1.82) is 0 Å². The number of aliphatic carboxylic acids is 1. The van der Waals surface area contributed by atoms with Gasteiger partial charge in [0.2, 0.25) is 5.91 Å². The number of carbonyl (C=O) groups excluding carboxylic acids is 2. The van der Waals surface area contributed by atoms with E-state index in [1.165, 1.54) is 12.0 Å². The number of hydrogen-bond donors (Lipinski definition) is 1. The zero-order valence-corrected chi connectivity index (χ0v) is 11.7. The van der Waals surface area contributed by atoms with Gasteiger partial charge in [-0.05, 0) is 5.56 Å². The smallest absolute Gasteiger partial charge is 0.328 e. The van der Waals surface area contributed by atoms with E-state index in [4.69, 9.17) is 9.84 Å². The maximum Gasteiger partial charge on any atom is 0.328 e. The van der Waals surface area contributed by atoms with Gasteiger partial charge in [0.15, 0.2) is 0 Å². The molecule has 1 aromatic carbocycles. The van der Waals surface area contributed by atoms with Gasteiger partial charge in [0.05, 0.1) is 13.0 Å². The number of benzene rings is 1. The maximum atomic E-state index is 12.0. The summed E-state index contributed by atoms with van der Waals surface area (Å²) in [7, 11) is 1.26. The molecule has 1 fully saturated rings. The highest BCUT2D eigenvalue weighted by Gasteiger charge is 2.40. The number of ether oxygens (including phenoxy) is 1. The van der Waals surface area contributed by atoms with Crippen LogP contribution in [0.2, 0.25) is 0 Å². The van der Waals surface area contributed by atoms with E-state index >= 15 is 0 Å². The van der Waals surface area contributed by atoms with Crippen molar-refractivity contribution in [1.82, 2.24) is 4.90 Å². The fourth-order valence-electron chi connectivity index (χ4n) is 2.49. The number of likely N-dealkylation sites (tertiary alicyclic amines) is 1. The summed E-state index contributed by atoms with van der Waals surface area (Å²) in [6, 6.07) is 8.47. The predicted molar refractivity (Wildman–Crippen MR) is 73.4 cm³/mol. The maximum absolute atomic E-state index is 12.0. The molecule has 0 saturated carbocycles. The van der Waals surface area contributed by atoms with Gasteiger partial charge in [0.1, 0.15) is 6.04 Å². The highest BCUT2D eigenvalue weighted by Crippen LogP contribution is 2.23. The Morgan fingerprint density at radius 2 is 2.05 bits per heavy atom. The van der Waals surface area contributed by atoms with Crippen LogP contribution in [0.15, 0.2) is 30.3 Å². The summed E-state index contributed by atoms with van der Waals surface area (Å²) in [6.07, 6.45) is 0.239. The van der Waals surface area contributed by atoms with Gasteiger partial charge in [-0.3, -0.25) is 9.59 Å². The summed E-state index contributed by atoms with van der Waals surface area (Å²) in [5.74, 6) is -2.64. The molecule has 6 heteroatoms. The lowest BCUT2D eigenvalue weighted by Crippen LogP contribution is -2.44. The molecule has 1 unspecified atom stereocenters. The quantitative estimate of drug-likeness (QED) is 0.807. The highest BCUT2D eigenvalue weighted by molar-refractivity contribution is 5.90. The average molecular weight is 291 g/mol. The van der Waals surface area contributed by atoms with Gasteiger partial charge < -0.3 is 14.7 Å². The van der Waals surface area contributed by atoms with E-state index in [1.54, 1.807) is 0 Å². The molecule has 0 aliphatic carbocycles. The Balaban J connectivity index is 2.19. The van der Waals surface area contributed by atoms with Crippen molar-refractivity contribution in [2.45, 2.75) is 18.9 Å². The molecule has 2 rings (SSSR count). The Morgan fingerprint density at radius 3 is 2.57 bits per heavy atom. The number of rotatable bonds is 5. The number of carboxylic acids is 1. The normalized spacial score (nSPS) is 19.4. The van der Waals surface area contributed by atoms with Crippen molar-refractivity contribution < 1.29 is 24.2 Å². The molecular formula is C15H17NO5. The molecule has 1 aliphatic heterocycles. The van der Waals surface area contributed by atoms with E-state index in [1.807, 2.05) is 30.3 Å². The zero-order chi connectivity index (χ0) is 15.4. The van der Waals surface area contributed by atoms with Crippen LogP contribution < -0.4 is 0 Å². The Labute approximate surface area is 122 Å². The molecule has 6 nitrogen and oxygen atoms in total. The molecule has 1 saturated heterocycles. The molecule has 1 heterocycles. The van der Waals surface area contributed by atoms with Crippen LogP contribution >= 0.6 is 0 Å². The lowest BCUT2D eigenvalue weighted by atomic mass is 10.0. The van der Waals surface area contributed by atoms with Crippen LogP contribution in [0.5, 0.6) is 0 Å². The first-order chi connectivity index (χ1) is 10.0. The first-order valence-electron chi connectivity index (χ1n) is 6.67. The van der Waals surface area contributed by atoms with Gasteiger partial charge in [0, 0.05) is 19.4 Å². The summed E-state index contributed by atoms with van der Waals surface area (Å²) < 4.78 is 4.76. The molecule has 0 radical (unpaired) electrons. The summed E-state index contributed by atoms with van der Waals surface area (Å²) in [6.45, 7) is 0.0424. The summed E-state index contributed by atoms with van der Waals surface area (Å²) >= 11 is 0. The highest BCUT2D eigenvalue weighted by atomic mass is 16.5. The van der Waals surface area contributed by atoms with Gasteiger partial charge in [-0.1, -0.05) is 30.3 Å². The molecule has 1 N–H and O–H groups in total. The molecular weight excluding hydrogens is 274 g/mol. The van der Waals surface area contributed by atoms with Gasteiger partial charge >= 0.3 is 11.9 Å². The minimum absolute atomic E-state index is 0.0424. The zero-order valence-electron chi connectivity index (χ0n) is 11.7. The second-order valence-corrected chi connectivity index (χ2v) is 5.01. The van der Waals surface area contributed by atoms with Crippen LogP contribution in [0, 0.1) is 5.92 Å². The van der Waals surface area contributed by atoms with E-state index in [0.717, 1.165) is 5.56 Å². The number of esters is 1. The fourth-order valence-corrected chi connectivity index (χ4v) is 2.49. The predicted octanol–water partition coefficient (Wildman–Crippen LogP) is 0.704. The third kappa shape index (κ3) is 3.39. The number of methoxy groups -OCH3 is 1. The second kappa shape index (κ2) is 6.39. The number of amides is 1. The average Bonchev–Trinajstić information content (AvgIpc) is 2.87. The van der Waals surface area contributed by atoms with E-state index < -0.39 is 23.9 Å².